The number of non-ortho nitro benzene ring substituents is 1. The highest BCUT2D eigenvalue weighted by atomic mass is 35.5. The highest BCUT2D eigenvalue weighted by Gasteiger charge is 2.20. The van der Waals surface area contributed by atoms with Crippen LogP contribution in [-0.4, -0.2) is 26.3 Å². The van der Waals surface area contributed by atoms with Crippen LogP contribution in [0.2, 0.25) is 10.0 Å². The lowest BCUT2D eigenvalue weighted by atomic mass is 10.1. The average molecular weight is 485 g/mol. The van der Waals surface area contributed by atoms with Gasteiger partial charge in [-0.15, -0.1) is 0 Å². The zero-order valence-electron chi connectivity index (χ0n) is 16.7. The number of H-pyrrole nitrogens is 1. The van der Waals surface area contributed by atoms with Crippen molar-refractivity contribution in [2.24, 2.45) is 0 Å². The normalized spacial score (nSPS) is 10.7. The number of hydrogen-bond donors (Lipinski definition) is 2. The average Bonchev–Trinajstić information content (AvgIpc) is 2.80. The maximum Gasteiger partial charge on any atom is 0.272 e. The van der Waals surface area contributed by atoms with Gasteiger partial charge in [0.2, 0.25) is 12.4 Å². The molecule has 2 aromatic heterocycles. The number of nitrogens with zero attached hydrogens (tertiary/aromatic N) is 4. The van der Waals surface area contributed by atoms with E-state index in [1.807, 2.05) is 0 Å². The van der Waals surface area contributed by atoms with Crippen molar-refractivity contribution in [1.29, 1.82) is 0 Å². The third-order valence-electron chi connectivity index (χ3n) is 4.66. The van der Waals surface area contributed by atoms with E-state index in [1.54, 1.807) is 42.6 Å². The second-order valence-corrected chi connectivity index (χ2v) is 7.66. The Hall–Kier alpha value is -4.02. The van der Waals surface area contributed by atoms with Gasteiger partial charge in [-0.1, -0.05) is 29.3 Å². The standard InChI is InChI=1S/C21H14Cl2N6O4/c22-16-5-4-12(7-17(16)23)25-21-26-19-15(20(31)27-21)8-14(29(32)33)9-18(19)28(11-30)10-13-3-1-2-6-24-13/h1-9,11H,10H2,(H2,25,26,27,31). The van der Waals surface area contributed by atoms with Crippen LogP contribution in [0.1, 0.15) is 5.69 Å². The summed E-state index contributed by atoms with van der Waals surface area (Å²) in [6.07, 6.45) is 2.06. The molecule has 0 aliphatic rings. The van der Waals surface area contributed by atoms with Gasteiger partial charge in [0.25, 0.3) is 11.2 Å². The number of nitro groups is 1. The Morgan fingerprint density at radius 2 is 1.97 bits per heavy atom. The number of benzene rings is 2. The van der Waals surface area contributed by atoms with Crippen molar-refractivity contribution in [1.82, 2.24) is 15.0 Å². The smallest absolute Gasteiger partial charge is 0.272 e. The third kappa shape index (κ3) is 4.76. The van der Waals surface area contributed by atoms with Gasteiger partial charge in [0.1, 0.15) is 5.52 Å². The van der Waals surface area contributed by atoms with Crippen LogP contribution in [0.25, 0.3) is 10.9 Å². The molecule has 33 heavy (non-hydrogen) atoms. The van der Waals surface area contributed by atoms with Gasteiger partial charge >= 0.3 is 0 Å². The first-order chi connectivity index (χ1) is 15.9. The molecule has 1 amide bonds. The summed E-state index contributed by atoms with van der Waals surface area (Å²) in [6, 6.07) is 12.2. The van der Waals surface area contributed by atoms with Crippen LogP contribution in [0.4, 0.5) is 23.0 Å². The fourth-order valence-electron chi connectivity index (χ4n) is 3.15. The SMILES string of the molecule is O=CN(Cc1ccccn1)c1cc([N+](=O)[O-])cc2c(=O)[nH]c(Nc3ccc(Cl)c(Cl)c3)nc12. The summed E-state index contributed by atoms with van der Waals surface area (Å²) in [7, 11) is 0. The minimum atomic E-state index is -0.645. The van der Waals surface area contributed by atoms with Crippen LogP contribution in [0.15, 0.2) is 59.5 Å². The number of halogens is 2. The molecule has 0 spiro atoms. The molecule has 166 valence electrons. The minimum Gasteiger partial charge on any atom is -0.326 e. The fraction of sp³-hybridized carbons (Fsp3) is 0.0476. The van der Waals surface area contributed by atoms with E-state index in [0.717, 1.165) is 6.07 Å². The molecule has 0 bridgehead atoms. The van der Waals surface area contributed by atoms with Crippen LogP contribution in [0, 0.1) is 10.1 Å². The lowest BCUT2D eigenvalue weighted by molar-refractivity contribution is -0.384. The van der Waals surface area contributed by atoms with Gasteiger partial charge in [0, 0.05) is 24.0 Å². The van der Waals surface area contributed by atoms with Gasteiger partial charge in [-0.25, -0.2) is 4.98 Å². The minimum absolute atomic E-state index is 0.0185. The maximum atomic E-state index is 12.8. The van der Waals surface area contributed by atoms with E-state index in [1.165, 1.54) is 11.0 Å². The predicted octanol–water partition coefficient (Wildman–Crippen LogP) is 4.44. The Morgan fingerprint density at radius 3 is 2.64 bits per heavy atom. The summed E-state index contributed by atoms with van der Waals surface area (Å²) in [4.78, 5) is 47.9. The Kier molecular flexibility index (Phi) is 6.20. The number of nitro benzene ring substituents is 1. The number of amides is 1. The van der Waals surface area contributed by atoms with Crippen LogP contribution < -0.4 is 15.8 Å². The third-order valence-corrected chi connectivity index (χ3v) is 5.40. The molecule has 0 fully saturated rings. The van der Waals surface area contributed by atoms with Crippen molar-refractivity contribution < 1.29 is 9.72 Å². The summed E-state index contributed by atoms with van der Waals surface area (Å²) >= 11 is 12.0. The van der Waals surface area contributed by atoms with Crippen molar-refractivity contribution in [3.63, 3.8) is 0 Å². The van der Waals surface area contributed by atoms with E-state index in [9.17, 15) is 19.7 Å². The quantitative estimate of drug-likeness (QED) is 0.225. The molecule has 2 aromatic carbocycles. The van der Waals surface area contributed by atoms with Gasteiger partial charge in [0.15, 0.2) is 0 Å². The highest BCUT2D eigenvalue weighted by molar-refractivity contribution is 6.42. The van der Waals surface area contributed by atoms with Crippen molar-refractivity contribution in [2.75, 3.05) is 10.2 Å². The zero-order chi connectivity index (χ0) is 23.5. The number of hydrogen-bond acceptors (Lipinski definition) is 7. The molecule has 4 aromatic rings. The van der Waals surface area contributed by atoms with Gasteiger partial charge in [-0.3, -0.25) is 29.7 Å². The fourth-order valence-corrected chi connectivity index (χ4v) is 3.45. The summed E-state index contributed by atoms with van der Waals surface area (Å²) in [5.41, 5.74) is 0.233. The maximum absolute atomic E-state index is 12.8. The first-order valence-corrected chi connectivity index (χ1v) is 10.2. The predicted molar refractivity (Wildman–Crippen MR) is 125 cm³/mol. The topological polar surface area (TPSA) is 134 Å². The molecule has 4 rings (SSSR count). The number of carbonyl (C=O) groups excluding carboxylic acids is 1. The van der Waals surface area contributed by atoms with Crippen LogP contribution >= 0.6 is 23.2 Å². The molecule has 0 saturated carbocycles. The van der Waals surface area contributed by atoms with E-state index in [-0.39, 0.29) is 34.8 Å². The van der Waals surface area contributed by atoms with E-state index in [0.29, 0.717) is 27.8 Å². The van der Waals surface area contributed by atoms with Crippen LogP contribution in [0.3, 0.4) is 0 Å². The highest BCUT2D eigenvalue weighted by Crippen LogP contribution is 2.31. The molecule has 0 unspecified atom stereocenters. The second-order valence-electron chi connectivity index (χ2n) is 6.84. The molecule has 0 saturated heterocycles. The Bertz CT molecular complexity index is 1430. The Morgan fingerprint density at radius 1 is 1.15 bits per heavy atom. The summed E-state index contributed by atoms with van der Waals surface area (Å²) in [6.45, 7) is 0.0185. The number of aromatic amines is 1. The van der Waals surface area contributed by atoms with E-state index >= 15 is 0 Å². The van der Waals surface area contributed by atoms with Gasteiger partial charge in [0.05, 0.1) is 38.3 Å². The summed E-state index contributed by atoms with van der Waals surface area (Å²) in [5, 5.41) is 15.0. The molecule has 2 heterocycles. The molecule has 0 aliphatic carbocycles. The number of carbonyl (C=O) groups is 1. The first kappa shape index (κ1) is 22.2. The van der Waals surface area contributed by atoms with Crippen LogP contribution in [-0.2, 0) is 11.3 Å². The van der Waals surface area contributed by atoms with Crippen molar-refractivity contribution in [3.8, 4) is 0 Å². The second kappa shape index (κ2) is 9.23. The molecule has 0 radical (unpaired) electrons. The van der Waals surface area contributed by atoms with E-state index in [2.05, 4.69) is 20.3 Å². The Labute approximate surface area is 196 Å². The number of rotatable bonds is 7. The lowest BCUT2D eigenvalue weighted by Gasteiger charge is -2.19. The van der Waals surface area contributed by atoms with Crippen molar-refractivity contribution in [2.45, 2.75) is 6.54 Å². The molecular weight excluding hydrogens is 471 g/mol. The molecule has 10 nitrogen and oxygen atoms in total. The molecule has 0 atom stereocenters. The zero-order valence-corrected chi connectivity index (χ0v) is 18.2. The lowest BCUT2D eigenvalue weighted by Crippen LogP contribution is -2.23. The Balaban J connectivity index is 1.85. The number of aromatic nitrogens is 3. The number of pyridine rings is 1. The van der Waals surface area contributed by atoms with Gasteiger partial charge < -0.3 is 10.2 Å². The van der Waals surface area contributed by atoms with E-state index in [4.69, 9.17) is 23.2 Å². The largest absolute Gasteiger partial charge is 0.326 e. The molecule has 12 heteroatoms. The number of fused-ring (bicyclic) bond motifs is 1. The van der Waals surface area contributed by atoms with E-state index < -0.39 is 10.5 Å². The monoisotopic (exact) mass is 484 g/mol. The summed E-state index contributed by atoms with van der Waals surface area (Å²) in [5.74, 6) is 0.0460. The van der Waals surface area contributed by atoms with Gasteiger partial charge in [-0.2, -0.15) is 0 Å². The van der Waals surface area contributed by atoms with Crippen LogP contribution in [0.5, 0.6) is 0 Å². The van der Waals surface area contributed by atoms with Crippen molar-refractivity contribution >= 4 is 63.5 Å². The molecule has 0 aliphatic heterocycles. The number of anilines is 3. The van der Waals surface area contributed by atoms with Gasteiger partial charge in [-0.05, 0) is 30.3 Å². The first-order valence-electron chi connectivity index (χ1n) is 9.42. The molecule has 2 N–H and O–H groups in total. The number of nitrogens with one attached hydrogen (secondary N) is 2. The molecular formula is C21H14Cl2N6O4. The van der Waals surface area contributed by atoms with Crippen molar-refractivity contribution in [3.05, 3.63) is 90.9 Å². The summed E-state index contributed by atoms with van der Waals surface area (Å²) < 4.78 is 0.